The van der Waals surface area contributed by atoms with Crippen molar-refractivity contribution in [3.63, 3.8) is 0 Å². The molecule has 0 aromatic heterocycles. The number of aliphatic hydroxyl groups excluding tert-OH is 2. The molecular formula is C27H40O3. The topological polar surface area (TPSA) is 60.7 Å². The number of hydrogen-bond donors (Lipinski definition) is 3. The molecule has 3 aliphatic carbocycles. The molecular weight excluding hydrogens is 372 g/mol. The Bertz CT molecular complexity index is 774. The second kappa shape index (κ2) is 9.01. The fourth-order valence-corrected chi connectivity index (χ4v) is 6.13. The van der Waals surface area contributed by atoms with Gasteiger partial charge in [-0.2, -0.15) is 0 Å². The summed E-state index contributed by atoms with van der Waals surface area (Å²) in [6.45, 7) is 12.4. The zero-order valence-electron chi connectivity index (χ0n) is 19.2. The molecule has 3 fully saturated rings. The summed E-state index contributed by atoms with van der Waals surface area (Å²) < 4.78 is 0. The lowest BCUT2D eigenvalue weighted by Gasteiger charge is -2.44. The van der Waals surface area contributed by atoms with Gasteiger partial charge in [-0.1, -0.05) is 38.2 Å². The number of fused-ring (bicyclic) bond motifs is 1. The number of hydrogen-bond acceptors (Lipinski definition) is 3. The summed E-state index contributed by atoms with van der Waals surface area (Å²) in [5.74, 6) is 1.64. The molecule has 0 aromatic rings. The lowest BCUT2D eigenvalue weighted by molar-refractivity contribution is 0.0862. The average Bonchev–Trinajstić information content (AvgIpc) is 3.00. The normalized spacial score (nSPS) is 38.3. The van der Waals surface area contributed by atoms with Crippen LogP contribution in [-0.2, 0) is 0 Å². The van der Waals surface area contributed by atoms with Gasteiger partial charge in [0.05, 0.1) is 17.8 Å². The van der Waals surface area contributed by atoms with Crippen molar-refractivity contribution in [1.82, 2.24) is 0 Å². The minimum absolute atomic E-state index is 0.289. The predicted octanol–water partition coefficient (Wildman–Crippen LogP) is 5.25. The molecule has 0 radical (unpaired) electrons. The van der Waals surface area contributed by atoms with E-state index in [0.717, 1.165) is 17.6 Å². The molecule has 0 amide bonds. The first kappa shape index (κ1) is 23.3. The van der Waals surface area contributed by atoms with Crippen LogP contribution in [0.4, 0.5) is 0 Å². The Kier molecular flexibility index (Phi) is 6.99. The second-order valence-corrected chi connectivity index (χ2v) is 10.7. The molecule has 3 saturated carbocycles. The Morgan fingerprint density at radius 3 is 2.67 bits per heavy atom. The monoisotopic (exact) mass is 412 g/mol. The maximum absolute atomic E-state index is 10.1. The van der Waals surface area contributed by atoms with Crippen LogP contribution < -0.4 is 0 Å². The van der Waals surface area contributed by atoms with Crippen LogP contribution in [0.25, 0.3) is 0 Å². The maximum atomic E-state index is 10.1. The molecule has 3 unspecified atom stereocenters. The van der Waals surface area contributed by atoms with Crippen molar-refractivity contribution < 1.29 is 15.3 Å². The highest BCUT2D eigenvalue weighted by atomic mass is 16.3. The third-order valence-electron chi connectivity index (χ3n) is 7.73. The van der Waals surface area contributed by atoms with Crippen LogP contribution in [0, 0.1) is 23.2 Å². The van der Waals surface area contributed by atoms with Crippen LogP contribution in [0.3, 0.4) is 0 Å². The SMILES string of the molecule is C=C1C(=CC=C2CCC[C@@]3(C)C2CC[C@@H]3C(C)C=C=CC(C)(C)O)CC(O)C[C@@H]1O. The van der Waals surface area contributed by atoms with Gasteiger partial charge in [-0.05, 0) is 98.8 Å². The molecule has 3 aliphatic rings. The van der Waals surface area contributed by atoms with Crippen molar-refractivity contribution in [2.45, 2.75) is 90.4 Å². The summed E-state index contributed by atoms with van der Waals surface area (Å²) >= 11 is 0. The highest BCUT2D eigenvalue weighted by Gasteiger charge is 2.50. The first-order valence-corrected chi connectivity index (χ1v) is 11.6. The summed E-state index contributed by atoms with van der Waals surface area (Å²) in [5, 5.41) is 30.0. The summed E-state index contributed by atoms with van der Waals surface area (Å²) in [6, 6.07) is 0. The van der Waals surface area contributed by atoms with Gasteiger partial charge < -0.3 is 15.3 Å². The molecule has 0 bridgehead atoms. The first-order chi connectivity index (χ1) is 14.0. The Morgan fingerprint density at radius 1 is 1.23 bits per heavy atom. The lowest BCUT2D eigenvalue weighted by Crippen LogP contribution is -2.35. The van der Waals surface area contributed by atoms with E-state index in [-0.39, 0.29) is 5.41 Å². The minimum atomic E-state index is -0.823. The second-order valence-electron chi connectivity index (χ2n) is 10.7. The molecule has 3 N–H and O–H groups in total. The van der Waals surface area contributed by atoms with Gasteiger partial charge in [0.15, 0.2) is 0 Å². The van der Waals surface area contributed by atoms with Crippen molar-refractivity contribution in [1.29, 1.82) is 0 Å². The van der Waals surface area contributed by atoms with Crippen molar-refractivity contribution in [3.8, 4) is 0 Å². The average molecular weight is 413 g/mol. The standard InChI is InChI=1S/C27H40O3/c1-18(8-6-14-26(3,4)30)23-12-13-24-20(9-7-15-27(23,24)5)10-11-21-16-22(28)17-25(29)19(21)2/h8,10-11,14,18,22-25,28-30H,2,7,9,12-13,15-17H2,1,3-5H3/t6?,18?,22?,23-,24?,25+,27-/m1/s1. The van der Waals surface area contributed by atoms with E-state index in [1.807, 2.05) is 0 Å². The van der Waals surface area contributed by atoms with E-state index in [0.29, 0.717) is 30.6 Å². The van der Waals surface area contributed by atoms with Gasteiger partial charge in [0.2, 0.25) is 0 Å². The van der Waals surface area contributed by atoms with Gasteiger partial charge in [0.1, 0.15) is 0 Å². The van der Waals surface area contributed by atoms with Crippen molar-refractivity contribution in [3.05, 3.63) is 53.3 Å². The van der Waals surface area contributed by atoms with Gasteiger partial charge in [0, 0.05) is 6.42 Å². The van der Waals surface area contributed by atoms with Crippen LogP contribution >= 0.6 is 0 Å². The molecule has 6 atom stereocenters. The molecule has 166 valence electrons. The van der Waals surface area contributed by atoms with Crippen LogP contribution in [0.2, 0.25) is 0 Å². The van der Waals surface area contributed by atoms with E-state index in [9.17, 15) is 15.3 Å². The van der Waals surface area contributed by atoms with Crippen LogP contribution in [0.5, 0.6) is 0 Å². The summed E-state index contributed by atoms with van der Waals surface area (Å²) in [5.41, 5.74) is 5.96. The third kappa shape index (κ3) is 5.08. The molecule has 0 aromatic carbocycles. The molecule has 0 aliphatic heterocycles. The van der Waals surface area contributed by atoms with Crippen LogP contribution in [0.1, 0.15) is 72.6 Å². The molecule has 0 heterocycles. The van der Waals surface area contributed by atoms with E-state index >= 15 is 0 Å². The summed E-state index contributed by atoms with van der Waals surface area (Å²) in [4.78, 5) is 0. The van der Waals surface area contributed by atoms with E-state index < -0.39 is 17.8 Å². The summed E-state index contributed by atoms with van der Waals surface area (Å²) in [6.07, 6.45) is 14.2. The highest BCUT2D eigenvalue weighted by molar-refractivity contribution is 5.38. The third-order valence-corrected chi connectivity index (χ3v) is 7.73. The number of rotatable bonds is 4. The van der Waals surface area contributed by atoms with E-state index in [2.05, 4.69) is 44.4 Å². The van der Waals surface area contributed by atoms with Crippen LogP contribution in [-0.4, -0.2) is 33.1 Å². The van der Waals surface area contributed by atoms with Gasteiger partial charge in [-0.25, -0.2) is 0 Å². The molecule has 3 nitrogen and oxygen atoms in total. The zero-order valence-corrected chi connectivity index (χ0v) is 19.2. The number of allylic oxidation sites excluding steroid dienone is 3. The smallest absolute Gasteiger partial charge is 0.0844 e. The van der Waals surface area contributed by atoms with Crippen molar-refractivity contribution in [2.24, 2.45) is 23.2 Å². The lowest BCUT2D eigenvalue weighted by atomic mass is 9.61. The Hall–Kier alpha value is -1.38. The first-order valence-electron chi connectivity index (χ1n) is 11.6. The van der Waals surface area contributed by atoms with Crippen molar-refractivity contribution in [2.75, 3.05) is 0 Å². The molecule has 0 spiro atoms. The van der Waals surface area contributed by atoms with E-state index in [1.54, 1.807) is 19.9 Å². The molecule has 3 rings (SSSR count). The predicted molar refractivity (Wildman–Crippen MR) is 123 cm³/mol. The van der Waals surface area contributed by atoms with Gasteiger partial charge >= 0.3 is 0 Å². The van der Waals surface area contributed by atoms with Crippen molar-refractivity contribution >= 4 is 0 Å². The van der Waals surface area contributed by atoms with Gasteiger partial charge in [-0.3, -0.25) is 0 Å². The fraction of sp³-hybridized carbons (Fsp3) is 0.667. The summed E-state index contributed by atoms with van der Waals surface area (Å²) in [7, 11) is 0. The Labute approximate surface area is 182 Å². The maximum Gasteiger partial charge on any atom is 0.0844 e. The highest BCUT2D eigenvalue weighted by Crippen LogP contribution is 2.59. The van der Waals surface area contributed by atoms with E-state index in [4.69, 9.17) is 0 Å². The molecule has 0 saturated heterocycles. The van der Waals surface area contributed by atoms with E-state index in [1.165, 1.54) is 31.3 Å². The minimum Gasteiger partial charge on any atom is -0.393 e. The zero-order chi connectivity index (χ0) is 22.1. The Balaban J connectivity index is 1.79. The molecule has 3 heteroatoms. The molecule has 30 heavy (non-hydrogen) atoms. The quantitative estimate of drug-likeness (QED) is 0.553. The number of aliphatic hydroxyl groups is 3. The van der Waals surface area contributed by atoms with Gasteiger partial charge in [0.25, 0.3) is 0 Å². The van der Waals surface area contributed by atoms with Crippen LogP contribution in [0.15, 0.2) is 53.3 Å². The van der Waals surface area contributed by atoms with Gasteiger partial charge in [-0.15, -0.1) is 5.73 Å². The fourth-order valence-electron chi connectivity index (χ4n) is 6.13. The largest absolute Gasteiger partial charge is 0.393 e. The Morgan fingerprint density at radius 2 is 1.97 bits per heavy atom.